The Bertz CT molecular complexity index is 2950. The van der Waals surface area contributed by atoms with Crippen molar-refractivity contribution in [2.75, 3.05) is 0 Å². The van der Waals surface area contributed by atoms with Gasteiger partial charge in [0, 0.05) is 16.7 Å². The predicted octanol–water partition coefficient (Wildman–Crippen LogP) is 12.4. The maximum absolute atomic E-state index is 9.60. The van der Waals surface area contributed by atoms with Gasteiger partial charge in [-0.15, -0.1) is 0 Å². The van der Waals surface area contributed by atoms with E-state index in [1.807, 2.05) is 84.9 Å². The molecule has 9 aromatic rings. The van der Waals surface area contributed by atoms with Crippen LogP contribution in [0.2, 0.25) is 0 Å². The molecule has 0 radical (unpaired) electrons. The Hall–Kier alpha value is -7.74. The summed E-state index contributed by atoms with van der Waals surface area (Å²) in [4.78, 5) is 15.2. The van der Waals surface area contributed by atoms with E-state index in [-0.39, 0.29) is 0 Å². The Labute approximate surface area is 331 Å². The Morgan fingerprint density at radius 1 is 0.316 bits per heavy atom. The first-order valence-corrected chi connectivity index (χ1v) is 19.2. The minimum atomic E-state index is -0.452. The maximum Gasteiger partial charge on any atom is 0.164 e. The molecule has 1 spiro atoms. The molecule has 0 aliphatic heterocycles. The normalized spacial score (nSPS) is 12.7. The summed E-state index contributed by atoms with van der Waals surface area (Å²) in [5.74, 6) is 1.81. The van der Waals surface area contributed by atoms with Crippen LogP contribution in [-0.4, -0.2) is 15.0 Å². The second-order valence-corrected chi connectivity index (χ2v) is 14.7. The molecule has 0 fully saturated rings. The largest absolute Gasteiger partial charge is 0.208 e. The van der Waals surface area contributed by atoms with Gasteiger partial charge in [-0.05, 0) is 103 Å². The molecule has 0 atom stereocenters. The third-order valence-electron chi connectivity index (χ3n) is 11.6. The molecule has 0 saturated heterocycles. The Morgan fingerprint density at radius 3 is 1.23 bits per heavy atom. The standard InChI is InChI=1S/C53H32N4/c54-33-34-23-25-35(26-24-34)39-29-40(31-41(30-39)52-56-50(36-13-3-1-4-14-36)55-51(57-52)37-15-5-2-6-16-37)38-27-28-45-44-19-9-12-22-48(44)53(49(45)32-38)46-20-10-7-17-42(46)43-18-8-11-21-47(43)53/h1-32H. The molecule has 0 unspecified atom stereocenters. The molecule has 57 heavy (non-hydrogen) atoms. The fourth-order valence-corrected chi connectivity index (χ4v) is 9.04. The quantitative estimate of drug-likeness (QED) is 0.177. The Kier molecular flexibility index (Phi) is 7.42. The minimum Gasteiger partial charge on any atom is -0.208 e. The van der Waals surface area contributed by atoms with E-state index in [2.05, 4.69) is 115 Å². The van der Waals surface area contributed by atoms with Crippen LogP contribution in [0.1, 0.15) is 27.8 Å². The molecule has 0 N–H and O–H groups in total. The molecule has 11 rings (SSSR count). The monoisotopic (exact) mass is 724 g/mol. The van der Waals surface area contributed by atoms with Crippen LogP contribution in [0.25, 0.3) is 78.7 Å². The fraction of sp³-hybridized carbons (Fsp3) is 0.0189. The van der Waals surface area contributed by atoms with Crippen molar-refractivity contribution < 1.29 is 0 Å². The van der Waals surface area contributed by atoms with Gasteiger partial charge < -0.3 is 0 Å². The highest BCUT2D eigenvalue weighted by Crippen LogP contribution is 2.63. The van der Waals surface area contributed by atoms with Crippen molar-refractivity contribution in [2.45, 2.75) is 5.41 Å². The third-order valence-corrected chi connectivity index (χ3v) is 11.6. The van der Waals surface area contributed by atoms with Gasteiger partial charge in [-0.3, -0.25) is 0 Å². The molecule has 8 aromatic carbocycles. The van der Waals surface area contributed by atoms with Gasteiger partial charge in [-0.1, -0.05) is 158 Å². The van der Waals surface area contributed by atoms with E-state index in [1.54, 1.807) is 0 Å². The lowest BCUT2D eigenvalue weighted by Gasteiger charge is -2.30. The SMILES string of the molecule is N#Cc1ccc(-c2cc(-c3ccc4c(c3)C3(c5ccccc5-c5ccccc53)c3ccccc3-4)cc(-c3nc(-c4ccccc4)nc(-c4ccccc4)n3)c2)cc1. The molecular formula is C53H32N4. The summed E-state index contributed by atoms with van der Waals surface area (Å²) >= 11 is 0. The number of nitrogens with zero attached hydrogens (tertiary/aromatic N) is 4. The minimum absolute atomic E-state index is 0.452. The topological polar surface area (TPSA) is 62.5 Å². The lowest BCUT2D eigenvalue weighted by molar-refractivity contribution is 0.794. The molecule has 2 aliphatic rings. The molecule has 0 amide bonds. The number of nitriles is 1. The summed E-state index contributed by atoms with van der Waals surface area (Å²) in [6.07, 6.45) is 0. The van der Waals surface area contributed by atoms with Crippen molar-refractivity contribution in [3.63, 3.8) is 0 Å². The maximum atomic E-state index is 9.60. The Balaban J connectivity index is 1.15. The van der Waals surface area contributed by atoms with Crippen molar-refractivity contribution in [1.82, 2.24) is 15.0 Å². The smallest absolute Gasteiger partial charge is 0.164 e. The van der Waals surface area contributed by atoms with Crippen molar-refractivity contribution in [1.29, 1.82) is 5.26 Å². The van der Waals surface area contributed by atoms with Crippen LogP contribution in [0.4, 0.5) is 0 Å². The average Bonchev–Trinajstić information content (AvgIpc) is 3.76. The molecule has 2 aliphatic carbocycles. The van der Waals surface area contributed by atoms with Crippen LogP contribution < -0.4 is 0 Å². The number of hydrogen-bond donors (Lipinski definition) is 0. The number of benzene rings is 8. The van der Waals surface area contributed by atoms with Crippen molar-refractivity contribution >= 4 is 0 Å². The van der Waals surface area contributed by atoms with Crippen LogP contribution in [0.15, 0.2) is 194 Å². The van der Waals surface area contributed by atoms with Crippen molar-refractivity contribution in [3.05, 3.63) is 222 Å². The van der Waals surface area contributed by atoms with E-state index in [9.17, 15) is 5.26 Å². The second kappa shape index (κ2) is 12.9. The number of aromatic nitrogens is 3. The van der Waals surface area contributed by atoms with Gasteiger partial charge in [0.1, 0.15) is 0 Å². The predicted molar refractivity (Wildman–Crippen MR) is 228 cm³/mol. The zero-order valence-corrected chi connectivity index (χ0v) is 30.8. The molecule has 0 bridgehead atoms. The van der Waals surface area contributed by atoms with Crippen LogP contribution in [0.3, 0.4) is 0 Å². The van der Waals surface area contributed by atoms with E-state index >= 15 is 0 Å². The molecule has 264 valence electrons. The van der Waals surface area contributed by atoms with E-state index < -0.39 is 5.41 Å². The molecule has 4 nitrogen and oxygen atoms in total. The highest BCUT2D eigenvalue weighted by atomic mass is 15.0. The molecular weight excluding hydrogens is 693 g/mol. The first kappa shape index (κ1) is 32.7. The summed E-state index contributed by atoms with van der Waals surface area (Å²) in [5, 5.41) is 9.60. The highest BCUT2D eigenvalue weighted by Gasteiger charge is 2.51. The van der Waals surface area contributed by atoms with Crippen molar-refractivity contribution in [3.8, 4) is 84.7 Å². The molecule has 4 heteroatoms. The van der Waals surface area contributed by atoms with Crippen LogP contribution in [-0.2, 0) is 5.41 Å². The first-order valence-electron chi connectivity index (χ1n) is 19.2. The summed E-state index contributed by atoms with van der Waals surface area (Å²) < 4.78 is 0. The van der Waals surface area contributed by atoms with Gasteiger partial charge in [0.25, 0.3) is 0 Å². The number of hydrogen-bond acceptors (Lipinski definition) is 4. The first-order chi connectivity index (χ1) is 28.2. The second-order valence-electron chi connectivity index (χ2n) is 14.7. The Morgan fingerprint density at radius 2 is 0.719 bits per heavy atom. The molecule has 0 saturated carbocycles. The summed E-state index contributed by atoms with van der Waals surface area (Å²) in [7, 11) is 0. The van der Waals surface area contributed by atoms with E-state index in [1.165, 1.54) is 44.5 Å². The van der Waals surface area contributed by atoms with Gasteiger partial charge in [-0.2, -0.15) is 5.26 Å². The lowest BCUT2D eigenvalue weighted by atomic mass is 9.70. The van der Waals surface area contributed by atoms with E-state index in [0.717, 1.165) is 38.9 Å². The van der Waals surface area contributed by atoms with Crippen LogP contribution >= 0.6 is 0 Å². The lowest BCUT2D eigenvalue weighted by Crippen LogP contribution is -2.25. The van der Waals surface area contributed by atoms with Gasteiger partial charge in [-0.25, -0.2) is 15.0 Å². The van der Waals surface area contributed by atoms with Crippen LogP contribution in [0, 0.1) is 11.3 Å². The van der Waals surface area contributed by atoms with Gasteiger partial charge in [0.2, 0.25) is 0 Å². The molecule has 1 aromatic heterocycles. The van der Waals surface area contributed by atoms with E-state index in [4.69, 9.17) is 15.0 Å². The van der Waals surface area contributed by atoms with Gasteiger partial charge in [0.15, 0.2) is 17.5 Å². The summed E-state index contributed by atoms with van der Waals surface area (Å²) in [5.41, 5.74) is 17.3. The summed E-state index contributed by atoms with van der Waals surface area (Å²) in [6.45, 7) is 0. The highest BCUT2D eigenvalue weighted by molar-refractivity contribution is 5.96. The van der Waals surface area contributed by atoms with Gasteiger partial charge >= 0.3 is 0 Å². The summed E-state index contributed by atoms with van der Waals surface area (Å²) in [6, 6.07) is 70.5. The number of rotatable bonds is 5. The van der Waals surface area contributed by atoms with Gasteiger partial charge in [0.05, 0.1) is 17.0 Å². The fourth-order valence-electron chi connectivity index (χ4n) is 9.04. The number of fused-ring (bicyclic) bond motifs is 10. The van der Waals surface area contributed by atoms with Crippen LogP contribution in [0.5, 0.6) is 0 Å². The zero-order valence-electron chi connectivity index (χ0n) is 30.8. The molecule has 1 heterocycles. The third kappa shape index (κ3) is 5.10. The zero-order chi connectivity index (χ0) is 37.9. The van der Waals surface area contributed by atoms with E-state index in [0.29, 0.717) is 23.0 Å². The average molecular weight is 725 g/mol. The van der Waals surface area contributed by atoms with Crippen molar-refractivity contribution in [2.24, 2.45) is 0 Å².